The Morgan fingerprint density at radius 2 is 0.955 bits per heavy atom. The highest BCUT2D eigenvalue weighted by molar-refractivity contribution is 7.85. The Balaban J connectivity index is 0.000000249. The van der Waals surface area contributed by atoms with E-state index in [-0.39, 0.29) is 62.7 Å². The molecule has 6 rings (SSSR count). The molecule has 0 saturated heterocycles. The van der Waals surface area contributed by atoms with Crippen molar-refractivity contribution in [2.45, 2.75) is 26.9 Å². The standard InChI is InChI=1S/C25H26FNO7S.C24H24FNO5/c1-18(28)27(23-16-20(26)9-11-25(23)34-21-7-5-4-6-8-21)17-19-15-22(31-2)10-12-24(19)32-13-14-33-35(3,29)30;1-17(28)26(16-18-14-21(29-2)9-11-23(18)30-13-12-27)22-15-19(25)8-10-24(22)31-20-6-4-3-5-7-20/h4-12,15-16H,13-14,17H2,1-3H3;3-11,14-15,27H,12-13,16H2,1-2H3. The molecule has 1 N–H and O–H groups in total. The van der Waals surface area contributed by atoms with Crippen molar-refractivity contribution in [2.24, 2.45) is 0 Å². The molecule has 6 aromatic rings. The van der Waals surface area contributed by atoms with Crippen LogP contribution in [0.15, 0.2) is 133 Å². The quantitative estimate of drug-likeness (QED) is 0.0573. The van der Waals surface area contributed by atoms with Gasteiger partial charge in [-0.3, -0.25) is 13.8 Å². The summed E-state index contributed by atoms with van der Waals surface area (Å²) >= 11 is 0. The first-order valence-corrected chi connectivity index (χ1v) is 22.2. The zero-order chi connectivity index (χ0) is 47.6. The normalized spacial score (nSPS) is 10.8. The molecule has 0 aliphatic rings. The maximum Gasteiger partial charge on any atom is 0.264 e. The molecule has 66 heavy (non-hydrogen) atoms. The minimum atomic E-state index is -3.60. The van der Waals surface area contributed by atoms with E-state index in [0.29, 0.717) is 57.1 Å². The van der Waals surface area contributed by atoms with Gasteiger partial charge in [0.15, 0.2) is 11.5 Å². The summed E-state index contributed by atoms with van der Waals surface area (Å²) in [7, 11) is -0.566. The highest BCUT2D eigenvalue weighted by Gasteiger charge is 2.23. The van der Waals surface area contributed by atoms with Crippen LogP contribution in [0.2, 0.25) is 0 Å². The molecule has 0 heterocycles. The van der Waals surface area contributed by atoms with E-state index < -0.39 is 21.8 Å². The van der Waals surface area contributed by atoms with Crippen LogP contribution < -0.4 is 38.2 Å². The second-order valence-corrected chi connectivity index (χ2v) is 15.8. The smallest absolute Gasteiger partial charge is 0.264 e. The molecule has 14 nitrogen and oxygen atoms in total. The number of para-hydroxylation sites is 2. The minimum absolute atomic E-state index is 0.00338. The molecular formula is C49H50F2N2O12S. The van der Waals surface area contributed by atoms with E-state index in [1.807, 2.05) is 24.3 Å². The number of anilines is 2. The van der Waals surface area contributed by atoms with Crippen LogP contribution >= 0.6 is 0 Å². The molecule has 0 aromatic heterocycles. The van der Waals surface area contributed by atoms with Gasteiger partial charge in [0.05, 0.1) is 51.5 Å². The summed E-state index contributed by atoms with van der Waals surface area (Å²) in [5.41, 5.74) is 1.70. The fraction of sp³-hybridized carbons (Fsp3) is 0.224. The highest BCUT2D eigenvalue weighted by Crippen LogP contribution is 2.38. The van der Waals surface area contributed by atoms with Crippen LogP contribution in [-0.4, -0.2) is 72.2 Å². The fourth-order valence-corrected chi connectivity index (χ4v) is 6.64. The molecule has 0 bridgehead atoms. The molecule has 0 fully saturated rings. The Morgan fingerprint density at radius 1 is 0.545 bits per heavy atom. The van der Waals surface area contributed by atoms with Gasteiger partial charge in [-0.1, -0.05) is 36.4 Å². The zero-order valence-electron chi connectivity index (χ0n) is 36.9. The molecule has 0 saturated carbocycles. The number of carbonyl (C=O) groups is 2. The van der Waals surface area contributed by atoms with E-state index in [2.05, 4.69) is 0 Å². The number of amides is 2. The Bertz CT molecular complexity index is 2660. The summed E-state index contributed by atoms with van der Waals surface area (Å²) < 4.78 is 89.2. The summed E-state index contributed by atoms with van der Waals surface area (Å²) in [6, 6.07) is 36.1. The summed E-state index contributed by atoms with van der Waals surface area (Å²) in [5.74, 6) is 1.99. The number of nitrogens with zero attached hydrogens (tertiary/aromatic N) is 2. The Morgan fingerprint density at radius 3 is 1.33 bits per heavy atom. The lowest BCUT2D eigenvalue weighted by molar-refractivity contribution is -0.117. The SMILES string of the molecule is COc1ccc(OCCO)c(CN(C(C)=O)c2cc(F)ccc2Oc2ccccc2)c1.COc1ccc(OCCOS(C)(=O)=O)c(CN(C(C)=O)c2cc(F)ccc2Oc2ccccc2)c1. The van der Waals surface area contributed by atoms with Crippen molar-refractivity contribution in [2.75, 3.05) is 56.7 Å². The van der Waals surface area contributed by atoms with E-state index in [4.69, 9.17) is 37.7 Å². The molecule has 0 aliphatic heterocycles. The second-order valence-electron chi connectivity index (χ2n) is 14.2. The maximum atomic E-state index is 14.2. The molecule has 0 radical (unpaired) electrons. The van der Waals surface area contributed by atoms with Crippen LogP contribution in [0.3, 0.4) is 0 Å². The molecule has 0 aliphatic carbocycles. The molecular weight excluding hydrogens is 879 g/mol. The van der Waals surface area contributed by atoms with E-state index in [9.17, 15) is 26.8 Å². The average molecular weight is 929 g/mol. The lowest BCUT2D eigenvalue weighted by atomic mass is 10.1. The molecule has 2 amide bonds. The van der Waals surface area contributed by atoms with Gasteiger partial charge in [-0.2, -0.15) is 8.42 Å². The lowest BCUT2D eigenvalue weighted by Gasteiger charge is -2.25. The largest absolute Gasteiger partial charge is 0.497 e. The topological polar surface area (TPSA) is 160 Å². The van der Waals surface area contributed by atoms with Crippen LogP contribution in [0.1, 0.15) is 25.0 Å². The van der Waals surface area contributed by atoms with Crippen molar-refractivity contribution >= 4 is 33.3 Å². The number of ether oxygens (including phenoxy) is 6. The molecule has 0 atom stereocenters. The zero-order valence-corrected chi connectivity index (χ0v) is 37.8. The first kappa shape index (κ1) is 49.8. The van der Waals surface area contributed by atoms with Crippen LogP contribution in [0.25, 0.3) is 0 Å². The van der Waals surface area contributed by atoms with Gasteiger partial charge in [0.1, 0.15) is 66.0 Å². The number of aliphatic hydroxyl groups is 1. The Kier molecular flexibility index (Phi) is 18.2. The predicted octanol–water partition coefficient (Wildman–Crippen LogP) is 9.09. The number of hydrogen-bond acceptors (Lipinski definition) is 12. The van der Waals surface area contributed by atoms with Gasteiger partial charge in [0, 0.05) is 37.1 Å². The van der Waals surface area contributed by atoms with Gasteiger partial charge < -0.3 is 43.3 Å². The number of methoxy groups -OCH3 is 2. The van der Waals surface area contributed by atoms with Crippen LogP contribution in [-0.2, 0) is 37.0 Å². The number of rotatable bonds is 20. The van der Waals surface area contributed by atoms with Crippen LogP contribution in [0.4, 0.5) is 20.2 Å². The molecule has 17 heteroatoms. The summed E-state index contributed by atoms with van der Waals surface area (Å²) in [4.78, 5) is 28.0. The van der Waals surface area contributed by atoms with Crippen molar-refractivity contribution < 1.29 is 64.5 Å². The van der Waals surface area contributed by atoms with Gasteiger partial charge in [0.2, 0.25) is 11.8 Å². The summed E-state index contributed by atoms with van der Waals surface area (Å²) in [6.07, 6.45) is 0.949. The van der Waals surface area contributed by atoms with E-state index in [0.717, 1.165) is 6.26 Å². The number of aliphatic hydroxyl groups excluding tert-OH is 1. The van der Waals surface area contributed by atoms with Crippen molar-refractivity contribution in [3.63, 3.8) is 0 Å². The third kappa shape index (κ3) is 14.9. The first-order valence-electron chi connectivity index (χ1n) is 20.3. The lowest BCUT2D eigenvalue weighted by Crippen LogP contribution is -2.28. The van der Waals surface area contributed by atoms with Crippen molar-refractivity contribution in [3.05, 3.63) is 156 Å². The maximum absolute atomic E-state index is 14.2. The van der Waals surface area contributed by atoms with E-state index >= 15 is 0 Å². The van der Waals surface area contributed by atoms with Gasteiger partial charge in [-0.15, -0.1) is 0 Å². The number of halogens is 2. The van der Waals surface area contributed by atoms with Gasteiger partial charge in [0.25, 0.3) is 10.1 Å². The molecule has 348 valence electrons. The summed E-state index contributed by atoms with van der Waals surface area (Å²) in [5, 5.41) is 9.10. The van der Waals surface area contributed by atoms with Crippen LogP contribution in [0.5, 0.6) is 46.0 Å². The van der Waals surface area contributed by atoms with Gasteiger partial charge >= 0.3 is 0 Å². The summed E-state index contributed by atoms with van der Waals surface area (Å²) in [6.45, 7) is 2.56. The van der Waals surface area contributed by atoms with Gasteiger partial charge in [-0.05, 0) is 84.9 Å². The molecule has 0 unspecified atom stereocenters. The first-order chi connectivity index (χ1) is 31.7. The van der Waals surface area contributed by atoms with Gasteiger partial charge in [-0.25, -0.2) is 8.78 Å². The molecule has 6 aromatic carbocycles. The van der Waals surface area contributed by atoms with Crippen LogP contribution in [0, 0.1) is 11.6 Å². The second kappa shape index (κ2) is 24.2. The number of benzene rings is 6. The van der Waals surface area contributed by atoms with Crippen molar-refractivity contribution in [1.29, 1.82) is 0 Å². The Hall–Kier alpha value is -7.21. The third-order valence-corrected chi connectivity index (χ3v) is 9.90. The molecule has 0 spiro atoms. The minimum Gasteiger partial charge on any atom is -0.497 e. The predicted molar refractivity (Wildman–Crippen MR) is 244 cm³/mol. The van der Waals surface area contributed by atoms with Crippen molar-refractivity contribution in [3.8, 4) is 46.0 Å². The Labute approximate surface area is 382 Å². The number of carbonyl (C=O) groups excluding carboxylic acids is 2. The third-order valence-electron chi connectivity index (χ3n) is 9.31. The average Bonchev–Trinajstić information content (AvgIpc) is 3.30. The monoisotopic (exact) mass is 928 g/mol. The van der Waals surface area contributed by atoms with E-state index in [1.54, 1.807) is 72.8 Å². The van der Waals surface area contributed by atoms with Crippen molar-refractivity contribution in [1.82, 2.24) is 0 Å². The number of hydrogen-bond donors (Lipinski definition) is 1. The van der Waals surface area contributed by atoms with E-state index in [1.165, 1.54) is 74.3 Å². The fourth-order valence-electron chi connectivity index (χ4n) is 6.27. The highest BCUT2D eigenvalue weighted by atomic mass is 32.2.